The van der Waals surface area contributed by atoms with Gasteiger partial charge in [-0.1, -0.05) is 35.3 Å². The maximum atomic E-state index is 6.17. The lowest BCUT2D eigenvalue weighted by molar-refractivity contribution is 0.893. The van der Waals surface area contributed by atoms with Crippen LogP contribution in [-0.2, 0) is 0 Å². The summed E-state index contributed by atoms with van der Waals surface area (Å²) >= 11 is 13.5. The molecule has 2 aromatic rings. The zero-order chi connectivity index (χ0) is 11.7. The molecule has 2 N–H and O–H groups in total. The molecular formula is C12H11Cl2NS. The fraction of sp³-hybridized carbons (Fsp3) is 0.167. The highest BCUT2D eigenvalue weighted by Gasteiger charge is 2.14. The lowest BCUT2D eigenvalue weighted by Gasteiger charge is -2.12. The molecular weight excluding hydrogens is 261 g/mol. The predicted molar refractivity (Wildman–Crippen MR) is 71.5 cm³/mol. The Bertz CT molecular complexity index is 507. The first-order valence-electron chi connectivity index (χ1n) is 4.85. The summed E-state index contributed by atoms with van der Waals surface area (Å²) in [6.07, 6.45) is 0. The molecule has 1 unspecified atom stereocenters. The molecule has 0 spiro atoms. The molecule has 0 amide bonds. The SMILES string of the molecule is Cc1ccc(C(N)c2ccc(Cl)s2)c(Cl)c1. The third-order valence-electron chi connectivity index (χ3n) is 2.39. The number of benzene rings is 1. The van der Waals surface area contributed by atoms with E-state index in [0.717, 1.165) is 20.3 Å². The topological polar surface area (TPSA) is 26.0 Å². The molecule has 1 atom stereocenters. The van der Waals surface area contributed by atoms with Crippen LogP contribution in [-0.4, -0.2) is 0 Å². The second kappa shape index (κ2) is 4.76. The van der Waals surface area contributed by atoms with Crippen molar-refractivity contribution >= 4 is 34.5 Å². The minimum absolute atomic E-state index is 0.203. The van der Waals surface area contributed by atoms with Gasteiger partial charge in [0.2, 0.25) is 0 Å². The van der Waals surface area contributed by atoms with Crippen LogP contribution in [0.5, 0.6) is 0 Å². The summed E-state index contributed by atoms with van der Waals surface area (Å²) < 4.78 is 0.744. The molecule has 0 saturated heterocycles. The van der Waals surface area contributed by atoms with Gasteiger partial charge in [0.25, 0.3) is 0 Å². The lowest BCUT2D eigenvalue weighted by Crippen LogP contribution is -2.10. The van der Waals surface area contributed by atoms with E-state index in [1.807, 2.05) is 37.3 Å². The molecule has 0 saturated carbocycles. The number of rotatable bonds is 2. The van der Waals surface area contributed by atoms with Crippen LogP contribution >= 0.6 is 34.5 Å². The molecule has 0 fully saturated rings. The molecule has 0 radical (unpaired) electrons. The van der Waals surface area contributed by atoms with E-state index >= 15 is 0 Å². The van der Waals surface area contributed by atoms with Crippen molar-refractivity contribution in [1.82, 2.24) is 0 Å². The number of hydrogen-bond donors (Lipinski definition) is 1. The Labute approximate surface area is 109 Å². The predicted octanol–water partition coefficient (Wildman–Crippen LogP) is 4.41. The minimum Gasteiger partial charge on any atom is -0.320 e. The Kier molecular flexibility index (Phi) is 3.55. The highest BCUT2D eigenvalue weighted by Crippen LogP contribution is 2.32. The minimum atomic E-state index is -0.203. The van der Waals surface area contributed by atoms with Gasteiger partial charge in [-0.3, -0.25) is 0 Å². The van der Waals surface area contributed by atoms with Gasteiger partial charge in [0.15, 0.2) is 0 Å². The van der Waals surface area contributed by atoms with E-state index in [-0.39, 0.29) is 6.04 Å². The highest BCUT2D eigenvalue weighted by molar-refractivity contribution is 7.16. The van der Waals surface area contributed by atoms with Gasteiger partial charge in [0.05, 0.1) is 10.4 Å². The Morgan fingerprint density at radius 1 is 1.19 bits per heavy atom. The highest BCUT2D eigenvalue weighted by atomic mass is 35.5. The monoisotopic (exact) mass is 271 g/mol. The molecule has 0 bridgehead atoms. The van der Waals surface area contributed by atoms with Crippen molar-refractivity contribution in [3.63, 3.8) is 0 Å². The van der Waals surface area contributed by atoms with Crippen LogP contribution in [0.15, 0.2) is 30.3 Å². The van der Waals surface area contributed by atoms with E-state index in [4.69, 9.17) is 28.9 Å². The molecule has 1 heterocycles. The second-order valence-electron chi connectivity index (χ2n) is 3.64. The van der Waals surface area contributed by atoms with Crippen LogP contribution < -0.4 is 5.73 Å². The van der Waals surface area contributed by atoms with Crippen molar-refractivity contribution in [2.75, 3.05) is 0 Å². The Balaban J connectivity index is 2.37. The molecule has 1 aromatic heterocycles. The first-order valence-corrected chi connectivity index (χ1v) is 6.42. The first-order chi connectivity index (χ1) is 7.58. The molecule has 1 aromatic carbocycles. The summed E-state index contributed by atoms with van der Waals surface area (Å²) in [5, 5.41) is 0.706. The Morgan fingerprint density at radius 3 is 2.50 bits per heavy atom. The van der Waals surface area contributed by atoms with Crippen LogP contribution in [0.3, 0.4) is 0 Å². The zero-order valence-electron chi connectivity index (χ0n) is 8.71. The summed E-state index contributed by atoms with van der Waals surface area (Å²) in [7, 11) is 0. The molecule has 2 rings (SSSR count). The Hall–Kier alpha value is -0.540. The summed E-state index contributed by atoms with van der Waals surface area (Å²) in [4.78, 5) is 1.02. The fourth-order valence-electron chi connectivity index (χ4n) is 1.53. The smallest absolute Gasteiger partial charge is 0.0931 e. The average Bonchev–Trinajstić information content (AvgIpc) is 2.64. The number of nitrogens with two attached hydrogens (primary N) is 1. The summed E-state index contributed by atoms with van der Waals surface area (Å²) in [6, 6.07) is 9.49. The van der Waals surface area contributed by atoms with Crippen molar-refractivity contribution in [1.29, 1.82) is 0 Å². The van der Waals surface area contributed by atoms with E-state index in [0.29, 0.717) is 5.02 Å². The van der Waals surface area contributed by atoms with Crippen LogP contribution in [0.2, 0.25) is 9.36 Å². The third kappa shape index (κ3) is 2.41. The normalized spacial score (nSPS) is 12.8. The number of hydrogen-bond acceptors (Lipinski definition) is 2. The van der Waals surface area contributed by atoms with Gasteiger partial charge >= 0.3 is 0 Å². The molecule has 0 aliphatic rings. The first kappa shape index (κ1) is 11.9. The Morgan fingerprint density at radius 2 is 1.94 bits per heavy atom. The number of aryl methyl sites for hydroxylation is 1. The van der Waals surface area contributed by atoms with E-state index in [1.165, 1.54) is 11.3 Å². The van der Waals surface area contributed by atoms with E-state index in [1.54, 1.807) is 0 Å². The van der Waals surface area contributed by atoms with Crippen LogP contribution in [0.4, 0.5) is 0 Å². The number of thiophene rings is 1. The molecule has 16 heavy (non-hydrogen) atoms. The molecule has 0 aliphatic carbocycles. The largest absolute Gasteiger partial charge is 0.320 e. The van der Waals surface area contributed by atoms with E-state index in [9.17, 15) is 0 Å². The van der Waals surface area contributed by atoms with Gasteiger partial charge in [-0.15, -0.1) is 11.3 Å². The van der Waals surface area contributed by atoms with Gasteiger partial charge < -0.3 is 5.73 Å². The van der Waals surface area contributed by atoms with Crippen molar-refractivity contribution < 1.29 is 0 Å². The molecule has 4 heteroatoms. The van der Waals surface area contributed by atoms with Crippen molar-refractivity contribution in [3.8, 4) is 0 Å². The van der Waals surface area contributed by atoms with Crippen LogP contribution in [0.1, 0.15) is 22.0 Å². The van der Waals surface area contributed by atoms with Gasteiger partial charge in [0.1, 0.15) is 0 Å². The zero-order valence-corrected chi connectivity index (χ0v) is 11.0. The van der Waals surface area contributed by atoms with Crippen molar-refractivity contribution in [2.24, 2.45) is 5.73 Å². The maximum Gasteiger partial charge on any atom is 0.0931 e. The lowest BCUT2D eigenvalue weighted by atomic mass is 10.0. The molecule has 0 aliphatic heterocycles. The standard InChI is InChI=1S/C12H11Cl2NS/c1-7-2-3-8(9(13)6-7)12(15)10-4-5-11(14)16-10/h2-6,12H,15H2,1H3. The number of halogens is 2. The fourth-order valence-corrected chi connectivity index (χ4v) is 2.97. The van der Waals surface area contributed by atoms with E-state index < -0.39 is 0 Å². The second-order valence-corrected chi connectivity index (χ2v) is 5.80. The van der Waals surface area contributed by atoms with Gasteiger partial charge in [-0.05, 0) is 36.2 Å². The van der Waals surface area contributed by atoms with Crippen molar-refractivity contribution in [2.45, 2.75) is 13.0 Å². The van der Waals surface area contributed by atoms with Crippen molar-refractivity contribution in [3.05, 3.63) is 55.7 Å². The third-order valence-corrected chi connectivity index (χ3v) is 4.03. The summed E-state index contributed by atoms with van der Waals surface area (Å²) in [6.45, 7) is 2.00. The maximum absolute atomic E-state index is 6.17. The van der Waals surface area contributed by atoms with E-state index in [2.05, 4.69) is 0 Å². The van der Waals surface area contributed by atoms with Crippen LogP contribution in [0.25, 0.3) is 0 Å². The average molecular weight is 272 g/mol. The van der Waals surface area contributed by atoms with Gasteiger partial charge in [-0.2, -0.15) is 0 Å². The van der Waals surface area contributed by atoms with Gasteiger partial charge in [-0.25, -0.2) is 0 Å². The summed E-state index contributed by atoms with van der Waals surface area (Å²) in [5.41, 5.74) is 8.21. The quantitative estimate of drug-likeness (QED) is 0.860. The van der Waals surface area contributed by atoms with Crippen LogP contribution in [0, 0.1) is 6.92 Å². The summed E-state index contributed by atoms with van der Waals surface area (Å²) in [5.74, 6) is 0. The molecule has 1 nitrogen and oxygen atoms in total. The molecule has 84 valence electrons. The van der Waals surface area contributed by atoms with Gasteiger partial charge in [0, 0.05) is 9.90 Å².